The molecule has 2 aromatic rings. The Hall–Kier alpha value is -2.02. The second kappa shape index (κ2) is 6.47. The molecule has 0 amide bonds. The van der Waals surface area contributed by atoms with Gasteiger partial charge in [0.05, 0.1) is 13.0 Å². The van der Waals surface area contributed by atoms with E-state index in [1.807, 2.05) is 0 Å². The highest BCUT2D eigenvalue weighted by Crippen LogP contribution is 2.34. The van der Waals surface area contributed by atoms with Crippen molar-refractivity contribution in [3.05, 3.63) is 40.2 Å². The number of alkyl halides is 3. The first-order valence-electron chi connectivity index (χ1n) is 7.76. The van der Waals surface area contributed by atoms with Gasteiger partial charge >= 0.3 is 11.8 Å². The largest absolute Gasteiger partial charge is 0.497 e. The Morgan fingerprint density at radius 1 is 1.33 bits per heavy atom. The van der Waals surface area contributed by atoms with Crippen LogP contribution in [0, 0.1) is 5.92 Å². The summed E-state index contributed by atoms with van der Waals surface area (Å²) in [6, 6.07) is 6.46. The predicted molar refractivity (Wildman–Crippen MR) is 83.1 cm³/mol. The van der Waals surface area contributed by atoms with Gasteiger partial charge in [0.15, 0.2) is 0 Å². The Morgan fingerprint density at radius 3 is 2.83 bits per heavy atom. The lowest BCUT2D eigenvalue weighted by Crippen LogP contribution is -2.41. The van der Waals surface area contributed by atoms with Crippen LogP contribution in [0.25, 0.3) is 11.0 Å². The first-order valence-corrected chi connectivity index (χ1v) is 7.76. The molecule has 0 aliphatic carbocycles. The fourth-order valence-corrected chi connectivity index (χ4v) is 3.18. The van der Waals surface area contributed by atoms with Crippen molar-refractivity contribution in [1.82, 2.24) is 4.90 Å². The molecular weight excluding hydrogens is 323 g/mol. The quantitative estimate of drug-likeness (QED) is 0.801. The van der Waals surface area contributed by atoms with E-state index in [9.17, 15) is 18.0 Å². The second-order valence-corrected chi connectivity index (χ2v) is 6.07. The topological polar surface area (TPSA) is 42.7 Å². The van der Waals surface area contributed by atoms with E-state index in [0.717, 1.165) is 0 Å². The molecule has 130 valence electrons. The van der Waals surface area contributed by atoms with E-state index >= 15 is 0 Å². The van der Waals surface area contributed by atoms with Gasteiger partial charge in [0.1, 0.15) is 11.3 Å². The minimum absolute atomic E-state index is 0.0403. The Bertz CT molecular complexity index is 785. The molecule has 0 radical (unpaired) electrons. The van der Waals surface area contributed by atoms with Crippen molar-refractivity contribution in [1.29, 1.82) is 0 Å². The minimum atomic E-state index is -4.18. The lowest BCUT2D eigenvalue weighted by atomic mass is 9.97. The molecule has 1 aromatic carbocycles. The van der Waals surface area contributed by atoms with Gasteiger partial charge in [-0.05, 0) is 37.1 Å². The van der Waals surface area contributed by atoms with Gasteiger partial charge in [-0.25, -0.2) is 4.79 Å². The number of rotatable bonds is 3. The standard InChI is InChI=1S/C17H18F3NO3/c1-23-13-4-5-14-11(7-16(22)24-15(14)8-13)9-21-6-2-3-12(10-21)17(18,19)20/h4-5,7-8,12H,2-3,6,9-10H2,1H3/t12-/m1/s1. The highest BCUT2D eigenvalue weighted by atomic mass is 19.4. The number of halogens is 3. The number of fused-ring (bicyclic) bond motifs is 1. The number of hydrogen-bond acceptors (Lipinski definition) is 4. The Kier molecular flexibility index (Phi) is 4.54. The molecule has 1 aliphatic rings. The monoisotopic (exact) mass is 341 g/mol. The molecular formula is C17H18F3NO3. The van der Waals surface area contributed by atoms with Crippen LogP contribution in [0.1, 0.15) is 18.4 Å². The van der Waals surface area contributed by atoms with E-state index in [1.54, 1.807) is 23.1 Å². The van der Waals surface area contributed by atoms with Gasteiger partial charge in [0, 0.05) is 30.6 Å². The molecule has 4 nitrogen and oxygen atoms in total. The SMILES string of the molecule is COc1ccc2c(CN3CCC[C@@H](C(F)(F)F)C3)cc(=O)oc2c1. The molecule has 2 heterocycles. The van der Waals surface area contributed by atoms with Crippen LogP contribution in [0.2, 0.25) is 0 Å². The summed E-state index contributed by atoms with van der Waals surface area (Å²) in [6.45, 7) is 0.840. The third-order valence-electron chi connectivity index (χ3n) is 4.40. The van der Waals surface area contributed by atoms with E-state index in [-0.39, 0.29) is 13.0 Å². The highest BCUT2D eigenvalue weighted by Gasteiger charge is 2.41. The van der Waals surface area contributed by atoms with Crippen molar-refractivity contribution in [2.24, 2.45) is 5.92 Å². The summed E-state index contributed by atoms with van der Waals surface area (Å²) in [6.07, 6.45) is -3.52. The minimum Gasteiger partial charge on any atom is -0.497 e. The maximum atomic E-state index is 12.9. The van der Waals surface area contributed by atoms with Crippen LogP contribution in [0.15, 0.2) is 33.5 Å². The highest BCUT2D eigenvalue weighted by molar-refractivity contribution is 5.81. The summed E-state index contributed by atoms with van der Waals surface area (Å²) in [4.78, 5) is 13.5. The normalized spacial score (nSPS) is 19.6. The van der Waals surface area contributed by atoms with Crippen LogP contribution >= 0.6 is 0 Å². The lowest BCUT2D eigenvalue weighted by Gasteiger charge is -2.33. The zero-order valence-electron chi connectivity index (χ0n) is 13.2. The van der Waals surface area contributed by atoms with Gasteiger partial charge in [0.25, 0.3) is 0 Å². The summed E-state index contributed by atoms with van der Waals surface area (Å²) >= 11 is 0. The molecule has 0 unspecified atom stereocenters. The van der Waals surface area contributed by atoms with Gasteiger partial charge in [-0.1, -0.05) is 0 Å². The van der Waals surface area contributed by atoms with Crippen molar-refractivity contribution in [3.63, 3.8) is 0 Å². The average molecular weight is 341 g/mol. The van der Waals surface area contributed by atoms with Crippen molar-refractivity contribution in [3.8, 4) is 5.75 Å². The Labute approximate surface area is 136 Å². The molecule has 1 aromatic heterocycles. The molecule has 1 fully saturated rings. The number of methoxy groups -OCH3 is 1. The van der Waals surface area contributed by atoms with Crippen LogP contribution in [0.3, 0.4) is 0 Å². The number of benzene rings is 1. The van der Waals surface area contributed by atoms with E-state index in [2.05, 4.69) is 0 Å². The number of piperidine rings is 1. The number of likely N-dealkylation sites (tertiary alicyclic amines) is 1. The summed E-state index contributed by atoms with van der Waals surface area (Å²) in [5, 5.41) is 0.713. The molecule has 0 N–H and O–H groups in total. The Balaban J connectivity index is 1.88. The smallest absolute Gasteiger partial charge is 0.393 e. The van der Waals surface area contributed by atoms with Crippen LogP contribution in [-0.2, 0) is 6.54 Å². The van der Waals surface area contributed by atoms with Crippen LogP contribution in [-0.4, -0.2) is 31.3 Å². The second-order valence-electron chi connectivity index (χ2n) is 6.07. The summed E-state index contributed by atoms with van der Waals surface area (Å²) in [5.41, 5.74) is 0.531. The first kappa shape index (κ1) is 16.8. The van der Waals surface area contributed by atoms with Gasteiger partial charge in [-0.15, -0.1) is 0 Å². The first-order chi connectivity index (χ1) is 11.4. The summed E-state index contributed by atoms with van der Waals surface area (Å²) < 4.78 is 49.1. The zero-order valence-corrected chi connectivity index (χ0v) is 13.2. The third kappa shape index (κ3) is 3.56. The number of ether oxygens (including phenoxy) is 1. The molecule has 24 heavy (non-hydrogen) atoms. The molecule has 7 heteroatoms. The van der Waals surface area contributed by atoms with Crippen molar-refractivity contribution >= 4 is 11.0 Å². The van der Waals surface area contributed by atoms with Crippen molar-refractivity contribution in [2.75, 3.05) is 20.2 Å². The Morgan fingerprint density at radius 2 is 2.12 bits per heavy atom. The average Bonchev–Trinajstić information content (AvgIpc) is 2.53. The lowest BCUT2D eigenvalue weighted by molar-refractivity contribution is -0.187. The molecule has 1 saturated heterocycles. The van der Waals surface area contributed by atoms with Gasteiger partial charge in [-0.2, -0.15) is 13.2 Å². The van der Waals surface area contributed by atoms with Crippen molar-refractivity contribution < 1.29 is 22.3 Å². The molecule has 0 bridgehead atoms. The molecule has 1 aliphatic heterocycles. The maximum absolute atomic E-state index is 12.9. The van der Waals surface area contributed by atoms with E-state index < -0.39 is 17.7 Å². The fourth-order valence-electron chi connectivity index (χ4n) is 3.18. The zero-order chi connectivity index (χ0) is 17.3. The number of hydrogen-bond donors (Lipinski definition) is 0. The summed E-state index contributed by atoms with van der Waals surface area (Å²) in [5.74, 6) is -0.754. The van der Waals surface area contributed by atoms with E-state index in [0.29, 0.717) is 41.8 Å². The van der Waals surface area contributed by atoms with Gasteiger partial charge < -0.3 is 9.15 Å². The van der Waals surface area contributed by atoms with Gasteiger partial charge in [-0.3, -0.25) is 4.90 Å². The molecule has 0 saturated carbocycles. The van der Waals surface area contributed by atoms with E-state index in [1.165, 1.54) is 13.2 Å². The maximum Gasteiger partial charge on any atom is 0.393 e. The van der Waals surface area contributed by atoms with Crippen molar-refractivity contribution in [2.45, 2.75) is 25.6 Å². The third-order valence-corrected chi connectivity index (χ3v) is 4.40. The van der Waals surface area contributed by atoms with Gasteiger partial charge in [0.2, 0.25) is 0 Å². The van der Waals surface area contributed by atoms with Crippen LogP contribution < -0.4 is 10.4 Å². The predicted octanol–water partition coefficient (Wildman–Crippen LogP) is 3.58. The van der Waals surface area contributed by atoms with Crippen LogP contribution in [0.5, 0.6) is 5.75 Å². The van der Waals surface area contributed by atoms with Crippen LogP contribution in [0.4, 0.5) is 13.2 Å². The molecule has 0 spiro atoms. The number of nitrogens with zero attached hydrogens (tertiary/aromatic N) is 1. The molecule has 1 atom stereocenters. The van der Waals surface area contributed by atoms with E-state index in [4.69, 9.17) is 9.15 Å². The molecule has 3 rings (SSSR count). The fraction of sp³-hybridized carbons (Fsp3) is 0.471. The summed E-state index contributed by atoms with van der Waals surface area (Å²) in [7, 11) is 1.51.